The molecule has 0 aromatic heterocycles. The van der Waals surface area contributed by atoms with E-state index in [1.54, 1.807) is 24.3 Å². The van der Waals surface area contributed by atoms with Crippen LogP contribution >= 0.6 is 0 Å². The summed E-state index contributed by atoms with van der Waals surface area (Å²) in [5, 5.41) is 19.1. The van der Waals surface area contributed by atoms with Crippen molar-refractivity contribution >= 4 is 21.7 Å². The Kier molecular flexibility index (Phi) is 15.2. The second kappa shape index (κ2) is 18.8. The smallest absolute Gasteiger partial charge is 0.251 e. The maximum absolute atomic E-state index is 14.1. The molecule has 48 heavy (non-hydrogen) atoms. The summed E-state index contributed by atoms with van der Waals surface area (Å²) in [6.45, 7) is 8.11. The van der Waals surface area contributed by atoms with E-state index in [9.17, 15) is 31.9 Å². The molecule has 0 heterocycles. The number of aryl methyl sites for hydroxylation is 2. The van der Waals surface area contributed by atoms with Gasteiger partial charge in [0.1, 0.15) is 17.7 Å². The van der Waals surface area contributed by atoms with Crippen LogP contribution < -0.4 is 16.0 Å². The van der Waals surface area contributed by atoms with Crippen LogP contribution in [0.1, 0.15) is 79.1 Å². The van der Waals surface area contributed by atoms with E-state index >= 15 is 0 Å². The van der Waals surface area contributed by atoms with Crippen LogP contribution in [0.5, 0.6) is 0 Å². The third kappa shape index (κ3) is 12.1. The molecule has 0 aliphatic carbocycles. The van der Waals surface area contributed by atoms with Gasteiger partial charge < -0.3 is 21.1 Å². The van der Waals surface area contributed by atoms with E-state index in [2.05, 4.69) is 16.0 Å². The molecule has 0 saturated carbocycles. The van der Waals surface area contributed by atoms with Crippen molar-refractivity contribution in [3.8, 4) is 0 Å². The van der Waals surface area contributed by atoms with E-state index in [-0.39, 0.29) is 24.1 Å². The molecule has 8 nitrogen and oxygen atoms in total. The quantitative estimate of drug-likeness (QED) is 0.138. The van der Waals surface area contributed by atoms with Crippen LogP contribution in [0.2, 0.25) is 0 Å². The van der Waals surface area contributed by atoms with Crippen molar-refractivity contribution < 1.29 is 31.9 Å². The van der Waals surface area contributed by atoms with Crippen LogP contribution in [-0.2, 0) is 34.0 Å². The van der Waals surface area contributed by atoms with Crippen molar-refractivity contribution in [1.29, 1.82) is 0 Å². The number of sulfone groups is 1. The highest BCUT2D eigenvalue weighted by Gasteiger charge is 2.34. The number of aliphatic hydroxyl groups excluding tert-OH is 1. The molecular formula is C37H49F2N3O5S. The summed E-state index contributed by atoms with van der Waals surface area (Å²) in [6, 6.07) is 14.9. The highest BCUT2D eigenvalue weighted by atomic mass is 32.2. The summed E-state index contributed by atoms with van der Waals surface area (Å²) in [5.74, 6) is -3.74. The minimum atomic E-state index is -3.85. The number of hydrogen-bond donors (Lipinski definition) is 4. The number of hydrogen-bond acceptors (Lipinski definition) is 6. The molecule has 0 saturated heterocycles. The first-order chi connectivity index (χ1) is 22.8. The van der Waals surface area contributed by atoms with Crippen LogP contribution in [0.3, 0.4) is 0 Å². The number of aliphatic hydroxyl groups is 1. The van der Waals surface area contributed by atoms with E-state index < -0.39 is 62.5 Å². The summed E-state index contributed by atoms with van der Waals surface area (Å²) >= 11 is 0. The lowest BCUT2D eigenvalue weighted by Gasteiger charge is -2.28. The molecule has 0 fully saturated rings. The number of halogens is 2. The minimum absolute atomic E-state index is 0.00681. The van der Waals surface area contributed by atoms with Crippen LogP contribution in [0.25, 0.3) is 0 Å². The minimum Gasteiger partial charge on any atom is -0.390 e. The Hall–Kier alpha value is -3.67. The fourth-order valence-electron chi connectivity index (χ4n) is 5.66. The van der Waals surface area contributed by atoms with Crippen molar-refractivity contribution in [2.24, 2.45) is 0 Å². The van der Waals surface area contributed by atoms with Crippen LogP contribution in [0, 0.1) is 18.6 Å². The van der Waals surface area contributed by atoms with Gasteiger partial charge in [0.05, 0.1) is 23.1 Å². The average molecular weight is 686 g/mol. The topological polar surface area (TPSA) is 125 Å². The molecule has 0 unspecified atom stereocenters. The van der Waals surface area contributed by atoms with Gasteiger partial charge in [0, 0.05) is 24.7 Å². The average Bonchev–Trinajstić information content (AvgIpc) is 3.03. The highest BCUT2D eigenvalue weighted by molar-refractivity contribution is 7.92. The van der Waals surface area contributed by atoms with Gasteiger partial charge in [0.2, 0.25) is 5.91 Å². The largest absolute Gasteiger partial charge is 0.390 e. The van der Waals surface area contributed by atoms with Gasteiger partial charge in [-0.05, 0) is 73.6 Å². The van der Waals surface area contributed by atoms with Crippen molar-refractivity contribution in [3.63, 3.8) is 0 Å². The zero-order valence-corrected chi connectivity index (χ0v) is 29.1. The van der Waals surface area contributed by atoms with E-state index in [0.717, 1.165) is 41.3 Å². The van der Waals surface area contributed by atoms with Gasteiger partial charge >= 0.3 is 0 Å². The summed E-state index contributed by atoms with van der Waals surface area (Å²) < 4.78 is 55.5. The molecule has 3 rings (SSSR count). The Morgan fingerprint density at radius 1 is 0.833 bits per heavy atom. The first-order valence-corrected chi connectivity index (χ1v) is 18.4. The lowest BCUT2D eigenvalue weighted by atomic mass is 10.00. The van der Waals surface area contributed by atoms with Crippen LogP contribution in [0.15, 0.2) is 66.7 Å². The predicted octanol–water partition coefficient (Wildman–Crippen LogP) is 5.20. The molecular weight excluding hydrogens is 636 g/mol. The maximum atomic E-state index is 14.1. The molecule has 0 aliphatic rings. The third-order valence-electron chi connectivity index (χ3n) is 8.32. The Morgan fingerprint density at radius 3 is 2.06 bits per heavy atom. The number of carbonyl (C=O) groups excluding carboxylic acids is 2. The highest BCUT2D eigenvalue weighted by Crippen LogP contribution is 2.18. The van der Waals surface area contributed by atoms with Gasteiger partial charge in [-0.25, -0.2) is 17.2 Å². The molecule has 0 bridgehead atoms. The van der Waals surface area contributed by atoms with Gasteiger partial charge in [-0.15, -0.1) is 0 Å². The Balaban J connectivity index is 1.89. The van der Waals surface area contributed by atoms with E-state index in [4.69, 9.17) is 0 Å². The second-order valence-electron chi connectivity index (χ2n) is 12.4. The van der Waals surface area contributed by atoms with E-state index in [1.165, 1.54) is 0 Å². The molecule has 0 radical (unpaired) electrons. The predicted molar refractivity (Wildman–Crippen MR) is 185 cm³/mol. The van der Waals surface area contributed by atoms with Crippen molar-refractivity contribution in [2.75, 3.05) is 12.3 Å². The fraction of sp³-hybridized carbons (Fsp3) is 0.459. The summed E-state index contributed by atoms with van der Waals surface area (Å²) in [7, 11) is -3.85. The summed E-state index contributed by atoms with van der Waals surface area (Å²) in [4.78, 5) is 27.2. The monoisotopic (exact) mass is 685 g/mol. The zero-order chi connectivity index (χ0) is 35.3. The molecule has 3 aromatic rings. The van der Waals surface area contributed by atoms with Crippen molar-refractivity contribution in [1.82, 2.24) is 16.0 Å². The lowest BCUT2D eigenvalue weighted by Crippen LogP contribution is -2.57. The third-order valence-corrected chi connectivity index (χ3v) is 10.6. The molecule has 2 amide bonds. The molecule has 4 N–H and O–H groups in total. The van der Waals surface area contributed by atoms with Gasteiger partial charge in [0.15, 0.2) is 9.84 Å². The van der Waals surface area contributed by atoms with Crippen molar-refractivity contribution in [2.45, 2.75) is 96.2 Å². The Morgan fingerprint density at radius 2 is 1.46 bits per heavy atom. The van der Waals surface area contributed by atoms with E-state index in [0.29, 0.717) is 32.2 Å². The number of nitrogens with one attached hydrogen (secondary N) is 3. The lowest BCUT2D eigenvalue weighted by molar-refractivity contribution is -0.124. The summed E-state index contributed by atoms with van der Waals surface area (Å²) in [5.41, 5.74) is 3.50. The van der Waals surface area contributed by atoms with Crippen molar-refractivity contribution in [3.05, 3.63) is 106 Å². The number of benzene rings is 3. The van der Waals surface area contributed by atoms with Gasteiger partial charge in [0.25, 0.3) is 5.91 Å². The number of amides is 2. The maximum Gasteiger partial charge on any atom is 0.251 e. The number of carbonyl (C=O) groups is 2. The molecule has 0 spiro atoms. The van der Waals surface area contributed by atoms with Crippen LogP contribution in [0.4, 0.5) is 8.78 Å². The summed E-state index contributed by atoms with van der Waals surface area (Å²) in [6.07, 6.45) is 1.55. The fourth-order valence-corrected chi connectivity index (χ4v) is 7.82. The molecule has 0 aliphatic heterocycles. The normalized spacial score (nSPS) is 13.6. The first kappa shape index (κ1) is 38.8. The zero-order valence-electron chi connectivity index (χ0n) is 28.3. The molecule has 3 atom stereocenters. The van der Waals surface area contributed by atoms with Crippen LogP contribution in [-0.4, -0.2) is 61.1 Å². The first-order valence-electron chi connectivity index (χ1n) is 16.7. The van der Waals surface area contributed by atoms with E-state index in [1.807, 2.05) is 52.0 Å². The van der Waals surface area contributed by atoms with Gasteiger partial charge in [-0.3, -0.25) is 9.59 Å². The standard InChI is InChI=1S/C37H49F2N3O5S/c1-5-9-32(10-6-2)48(46,47)24-34(42-36(44)29-15-13-25(4)14-16-29)37(45)41-33(20-28-18-30(38)21-31(39)19-28)35(43)23-40-22-27-12-8-11-26(7-3)17-27/h8,11-19,21,32-35,40,43H,5-7,9-10,20,22-24H2,1-4H3,(H,41,45)(H,42,44)/t33-,34-,35+/m0/s1. The molecule has 3 aromatic carbocycles. The number of rotatable bonds is 19. The Bertz CT molecular complexity index is 1570. The molecule has 262 valence electrons. The second-order valence-corrected chi connectivity index (χ2v) is 14.7. The van der Waals surface area contributed by atoms with Gasteiger partial charge in [-0.2, -0.15) is 0 Å². The Labute approximate surface area is 283 Å². The molecule has 11 heteroatoms. The SMILES string of the molecule is CCCC(CCC)S(=O)(=O)C[C@H](NC(=O)c1ccc(C)cc1)C(=O)N[C@@H](Cc1cc(F)cc(F)c1)[C@H](O)CNCc1cccc(CC)c1. The van der Waals surface area contributed by atoms with Gasteiger partial charge in [-0.1, -0.05) is 75.6 Å².